The third-order valence-electron chi connectivity index (χ3n) is 6.72. The normalized spacial score (nSPS) is 27.6. The van der Waals surface area contributed by atoms with Crippen LogP contribution in [-0.4, -0.2) is 45.1 Å². The Balaban J connectivity index is 1.22. The first kappa shape index (κ1) is 18.1. The molecule has 9 nitrogen and oxygen atoms in total. The van der Waals surface area contributed by atoms with Gasteiger partial charge in [-0.05, 0) is 30.5 Å². The monoisotopic (exact) mass is 420 g/mol. The van der Waals surface area contributed by atoms with Gasteiger partial charge < -0.3 is 9.73 Å². The second kappa shape index (κ2) is 5.93. The van der Waals surface area contributed by atoms with Crippen molar-refractivity contribution >= 4 is 17.6 Å². The van der Waals surface area contributed by atoms with Gasteiger partial charge in [0, 0.05) is 30.3 Å². The van der Waals surface area contributed by atoms with E-state index in [0.29, 0.717) is 5.82 Å². The number of fused-ring (bicyclic) bond motifs is 1. The van der Waals surface area contributed by atoms with Crippen LogP contribution < -0.4 is 10.2 Å². The minimum atomic E-state index is -0.714. The number of carbonyl (C=O) groups excluding carboxylic acids is 2. The third-order valence-corrected chi connectivity index (χ3v) is 6.72. The van der Waals surface area contributed by atoms with Crippen LogP contribution in [0.3, 0.4) is 0 Å². The molecule has 1 aliphatic heterocycles. The van der Waals surface area contributed by atoms with Crippen molar-refractivity contribution in [2.75, 3.05) is 11.9 Å². The predicted molar refractivity (Wildman–Crippen MR) is 104 cm³/mol. The van der Waals surface area contributed by atoms with E-state index in [1.165, 1.54) is 17.0 Å². The number of rotatable bonds is 4. The van der Waals surface area contributed by atoms with Gasteiger partial charge in [-0.2, -0.15) is 0 Å². The van der Waals surface area contributed by atoms with E-state index in [-0.39, 0.29) is 40.8 Å². The van der Waals surface area contributed by atoms with Gasteiger partial charge in [0.2, 0.25) is 5.89 Å². The molecule has 6 rings (SSSR count). The molecule has 10 heteroatoms. The molecule has 2 aromatic heterocycles. The Bertz CT molecular complexity index is 1230. The maximum absolute atomic E-state index is 13.2. The van der Waals surface area contributed by atoms with Gasteiger partial charge in [0.15, 0.2) is 5.82 Å². The summed E-state index contributed by atoms with van der Waals surface area (Å²) in [6.45, 7) is 0. The summed E-state index contributed by atoms with van der Waals surface area (Å²) < 4.78 is 18.6. The van der Waals surface area contributed by atoms with Crippen molar-refractivity contribution in [2.45, 2.75) is 30.7 Å². The fourth-order valence-corrected chi connectivity index (χ4v) is 4.86. The van der Waals surface area contributed by atoms with Crippen LogP contribution in [0, 0.1) is 11.2 Å². The molecule has 1 N–H and O–H groups in total. The van der Waals surface area contributed by atoms with E-state index in [9.17, 15) is 14.0 Å². The summed E-state index contributed by atoms with van der Waals surface area (Å²) in [7, 11) is 1.64. The number of likely N-dealkylation sites (N-methyl/N-ethyl adjacent to an activating group) is 1. The van der Waals surface area contributed by atoms with Gasteiger partial charge in [0.05, 0.1) is 12.1 Å². The molecule has 1 atom stereocenters. The lowest BCUT2D eigenvalue weighted by Crippen LogP contribution is -2.50. The number of carbonyl (C=O) groups is 2. The first-order valence-electron chi connectivity index (χ1n) is 9.90. The van der Waals surface area contributed by atoms with Gasteiger partial charge in [-0.3, -0.25) is 19.5 Å². The summed E-state index contributed by atoms with van der Waals surface area (Å²) >= 11 is 0. The van der Waals surface area contributed by atoms with Gasteiger partial charge in [0.25, 0.3) is 5.91 Å². The van der Waals surface area contributed by atoms with E-state index in [1.807, 2.05) is 0 Å². The van der Waals surface area contributed by atoms with Gasteiger partial charge in [-0.25, -0.2) is 9.37 Å². The summed E-state index contributed by atoms with van der Waals surface area (Å²) in [5.74, 6) is -0.615. The lowest BCUT2D eigenvalue weighted by atomic mass is 10.0. The van der Waals surface area contributed by atoms with Gasteiger partial charge in [-0.15, -0.1) is 10.2 Å². The molecule has 31 heavy (non-hydrogen) atoms. The molecule has 0 radical (unpaired) electrons. The molecular weight excluding hydrogens is 403 g/mol. The smallest absolute Gasteiger partial charge is 0.309 e. The average molecular weight is 420 g/mol. The predicted octanol–water partition coefficient (Wildman–Crippen LogP) is 1.40. The molecule has 3 aliphatic rings. The van der Waals surface area contributed by atoms with Crippen LogP contribution in [0.25, 0.3) is 0 Å². The minimum Gasteiger partial charge on any atom is -0.417 e. The van der Waals surface area contributed by atoms with Gasteiger partial charge in [0.1, 0.15) is 11.9 Å². The van der Waals surface area contributed by atoms with E-state index in [4.69, 9.17) is 4.42 Å². The zero-order valence-electron chi connectivity index (χ0n) is 16.5. The topological polar surface area (TPSA) is 114 Å². The van der Waals surface area contributed by atoms with Crippen LogP contribution in [0.2, 0.25) is 0 Å². The number of anilines is 1. The number of nitrogens with one attached hydrogen (secondary N) is 1. The second-order valence-corrected chi connectivity index (χ2v) is 8.43. The molecule has 0 saturated heterocycles. The Hall–Kier alpha value is -3.69. The summed E-state index contributed by atoms with van der Waals surface area (Å²) in [6.07, 6.45) is 5.04. The molecule has 2 aliphatic carbocycles. The summed E-state index contributed by atoms with van der Waals surface area (Å²) in [4.78, 5) is 36.3. The second-order valence-electron chi connectivity index (χ2n) is 8.43. The van der Waals surface area contributed by atoms with Crippen molar-refractivity contribution in [2.24, 2.45) is 5.41 Å². The van der Waals surface area contributed by atoms with E-state index in [0.717, 1.165) is 24.1 Å². The van der Waals surface area contributed by atoms with Crippen LogP contribution in [-0.2, 0) is 16.6 Å². The molecule has 2 amide bonds. The van der Waals surface area contributed by atoms with Crippen LogP contribution in [0.4, 0.5) is 10.2 Å². The molecule has 2 fully saturated rings. The van der Waals surface area contributed by atoms with E-state index < -0.39 is 11.9 Å². The fourth-order valence-electron chi connectivity index (χ4n) is 4.86. The van der Waals surface area contributed by atoms with Crippen molar-refractivity contribution in [1.29, 1.82) is 0 Å². The molecule has 156 valence electrons. The molecule has 2 saturated carbocycles. The quantitative estimate of drug-likeness (QED) is 0.678. The van der Waals surface area contributed by atoms with Crippen LogP contribution in [0.15, 0.2) is 41.1 Å². The maximum atomic E-state index is 13.2. The van der Waals surface area contributed by atoms with Crippen molar-refractivity contribution in [3.8, 4) is 0 Å². The Morgan fingerprint density at radius 3 is 2.74 bits per heavy atom. The number of hydrogen-bond acceptors (Lipinski definition) is 7. The lowest BCUT2D eigenvalue weighted by Gasteiger charge is -2.26. The highest BCUT2D eigenvalue weighted by Gasteiger charge is 2.89. The Morgan fingerprint density at radius 1 is 1.23 bits per heavy atom. The number of benzene rings is 1. The average Bonchev–Trinajstić information content (AvgIpc) is 3.54. The van der Waals surface area contributed by atoms with Crippen LogP contribution in [0.5, 0.6) is 0 Å². The first-order valence-corrected chi connectivity index (χ1v) is 9.90. The molecule has 0 spiro atoms. The molecule has 3 heterocycles. The number of aromatic nitrogens is 4. The summed E-state index contributed by atoms with van der Waals surface area (Å²) in [6, 6.07) is 5.18. The molecule has 0 unspecified atom stereocenters. The van der Waals surface area contributed by atoms with Gasteiger partial charge >= 0.3 is 11.8 Å². The zero-order valence-corrected chi connectivity index (χ0v) is 16.5. The highest BCUT2D eigenvalue weighted by molar-refractivity contribution is 6.04. The Labute approximate surface area is 175 Å². The maximum Gasteiger partial charge on any atom is 0.309 e. The van der Waals surface area contributed by atoms with Gasteiger partial charge in [-0.1, -0.05) is 12.1 Å². The third kappa shape index (κ3) is 2.47. The highest BCUT2D eigenvalue weighted by Crippen LogP contribution is 2.88. The van der Waals surface area contributed by atoms with E-state index >= 15 is 0 Å². The summed E-state index contributed by atoms with van der Waals surface area (Å²) in [5, 5.41) is 10.5. The Morgan fingerprint density at radius 2 is 1.97 bits per heavy atom. The standard InChI is InChI=1S/C21H17FN6O3/c1-28-16-14(23-6-7-24-16)20-9-21(20,10-20)15(19(28)30)25-17(29)18-27-26-13(31-18)8-11-2-4-12(22)5-3-11/h2-7,15H,8-10H2,1H3,(H,25,29)/t15-,20?,21?/m1/s1. The SMILES string of the molecule is CN1C(=O)[C@@H](NC(=O)c2nnc(Cc3ccc(F)cc3)o2)C23CC2(C3)c2nccnc21. The number of hydrogen-bond donors (Lipinski definition) is 1. The number of nitrogens with zero attached hydrogens (tertiary/aromatic N) is 5. The number of halogens is 1. The lowest BCUT2D eigenvalue weighted by molar-refractivity contribution is -0.121. The molecule has 0 bridgehead atoms. The van der Waals surface area contributed by atoms with Crippen molar-refractivity contribution in [3.05, 3.63) is 65.5 Å². The first-order chi connectivity index (χ1) is 14.9. The van der Waals surface area contributed by atoms with Crippen LogP contribution >= 0.6 is 0 Å². The Kier molecular flexibility index (Phi) is 3.46. The zero-order chi connectivity index (χ0) is 21.4. The van der Waals surface area contributed by atoms with Crippen molar-refractivity contribution < 1.29 is 18.4 Å². The minimum absolute atomic E-state index is 0.197. The van der Waals surface area contributed by atoms with Crippen molar-refractivity contribution in [3.63, 3.8) is 0 Å². The molecular formula is C21H17FN6O3. The molecule has 1 aromatic carbocycles. The van der Waals surface area contributed by atoms with E-state index in [2.05, 4.69) is 25.5 Å². The summed E-state index contributed by atoms with van der Waals surface area (Å²) in [5.41, 5.74) is 1.07. The van der Waals surface area contributed by atoms with Crippen LogP contribution in [0.1, 0.15) is 40.7 Å². The fraction of sp³-hybridized carbons (Fsp3) is 0.333. The van der Waals surface area contributed by atoms with Crippen molar-refractivity contribution in [1.82, 2.24) is 25.5 Å². The largest absolute Gasteiger partial charge is 0.417 e. The van der Waals surface area contributed by atoms with E-state index in [1.54, 1.807) is 31.6 Å². The molecule has 3 aromatic rings. The highest BCUT2D eigenvalue weighted by atomic mass is 19.1. The number of amides is 2.